The number of aryl methyl sites for hydroxylation is 1. The quantitative estimate of drug-likeness (QED) is 0.929. The molecule has 0 aromatic heterocycles. The third-order valence-electron chi connectivity index (χ3n) is 4.51. The number of sulfone groups is 1. The summed E-state index contributed by atoms with van der Waals surface area (Å²) in [5, 5.41) is 10.2. The molecule has 1 aromatic rings. The molecular weight excluding hydrogens is 272 g/mol. The molecule has 1 N–H and O–H groups in total. The van der Waals surface area contributed by atoms with Crippen LogP contribution in [-0.2, 0) is 16.3 Å². The monoisotopic (exact) mass is 296 g/mol. The molecule has 0 bridgehead atoms. The molecule has 4 heteroatoms. The average Bonchev–Trinajstić information content (AvgIpc) is 2.40. The van der Waals surface area contributed by atoms with Crippen molar-refractivity contribution in [3.05, 3.63) is 35.4 Å². The first-order valence-electron chi connectivity index (χ1n) is 7.29. The summed E-state index contributed by atoms with van der Waals surface area (Å²) in [6, 6.07) is 8.05. The molecule has 112 valence electrons. The lowest BCUT2D eigenvalue weighted by atomic mass is 9.82. The van der Waals surface area contributed by atoms with Gasteiger partial charge < -0.3 is 5.11 Å². The van der Waals surface area contributed by atoms with Crippen molar-refractivity contribution in [2.75, 3.05) is 6.26 Å². The van der Waals surface area contributed by atoms with Crippen LogP contribution in [0.1, 0.15) is 36.8 Å². The second kappa shape index (κ2) is 6.27. The number of aliphatic hydroxyl groups excluding tert-OH is 1. The number of aliphatic hydroxyl groups is 1. The second-order valence-corrected chi connectivity index (χ2v) is 8.40. The lowest BCUT2D eigenvalue weighted by molar-refractivity contribution is 0.0858. The van der Waals surface area contributed by atoms with Crippen molar-refractivity contribution in [1.82, 2.24) is 0 Å². The van der Waals surface area contributed by atoms with E-state index in [0.29, 0.717) is 12.8 Å². The Labute approximate surface area is 121 Å². The molecular formula is C16H24O3S. The maximum Gasteiger partial charge on any atom is 0.150 e. The highest BCUT2D eigenvalue weighted by atomic mass is 32.2. The van der Waals surface area contributed by atoms with Gasteiger partial charge in [-0.15, -0.1) is 0 Å². The lowest BCUT2D eigenvalue weighted by Gasteiger charge is -2.31. The molecule has 3 atom stereocenters. The maximum atomic E-state index is 11.7. The van der Waals surface area contributed by atoms with Gasteiger partial charge in [-0.2, -0.15) is 0 Å². The van der Waals surface area contributed by atoms with Crippen molar-refractivity contribution >= 4 is 9.84 Å². The Morgan fingerprint density at radius 2 is 2.00 bits per heavy atom. The van der Waals surface area contributed by atoms with Crippen LogP contribution in [0.5, 0.6) is 0 Å². The van der Waals surface area contributed by atoms with E-state index in [-0.39, 0.29) is 11.2 Å². The minimum Gasteiger partial charge on any atom is -0.392 e. The Morgan fingerprint density at radius 1 is 1.30 bits per heavy atom. The van der Waals surface area contributed by atoms with Crippen LogP contribution in [0.2, 0.25) is 0 Å². The van der Waals surface area contributed by atoms with Gasteiger partial charge in [-0.25, -0.2) is 8.42 Å². The summed E-state index contributed by atoms with van der Waals surface area (Å²) < 4.78 is 23.4. The van der Waals surface area contributed by atoms with Crippen molar-refractivity contribution in [2.24, 2.45) is 5.92 Å². The maximum absolute atomic E-state index is 11.7. The fraction of sp³-hybridized carbons (Fsp3) is 0.625. The molecule has 1 aromatic carbocycles. The summed E-state index contributed by atoms with van der Waals surface area (Å²) in [6.45, 7) is 2.04. The first-order chi connectivity index (χ1) is 9.38. The van der Waals surface area contributed by atoms with Crippen LogP contribution in [0.3, 0.4) is 0 Å². The van der Waals surface area contributed by atoms with E-state index in [2.05, 4.69) is 0 Å². The highest BCUT2D eigenvalue weighted by Crippen LogP contribution is 2.32. The van der Waals surface area contributed by atoms with Gasteiger partial charge in [0, 0.05) is 6.26 Å². The molecule has 1 fully saturated rings. The molecule has 0 radical (unpaired) electrons. The molecule has 1 saturated carbocycles. The molecule has 0 spiro atoms. The van der Waals surface area contributed by atoms with Crippen molar-refractivity contribution in [3.63, 3.8) is 0 Å². The summed E-state index contributed by atoms with van der Waals surface area (Å²) in [5.74, 6) is 0.100. The normalized spacial score (nSPS) is 25.4. The van der Waals surface area contributed by atoms with Crippen LogP contribution >= 0.6 is 0 Å². The van der Waals surface area contributed by atoms with Crippen molar-refractivity contribution in [1.29, 1.82) is 0 Å². The SMILES string of the molecule is Cc1ccccc1CC(O)C1CCCC(S(C)(=O)=O)C1. The van der Waals surface area contributed by atoms with E-state index in [9.17, 15) is 13.5 Å². The van der Waals surface area contributed by atoms with Gasteiger partial charge >= 0.3 is 0 Å². The van der Waals surface area contributed by atoms with Gasteiger partial charge in [0.05, 0.1) is 11.4 Å². The smallest absolute Gasteiger partial charge is 0.150 e. The summed E-state index contributed by atoms with van der Waals surface area (Å²) in [5.41, 5.74) is 2.34. The fourth-order valence-electron chi connectivity index (χ4n) is 3.15. The fourth-order valence-corrected chi connectivity index (χ4v) is 4.34. The predicted molar refractivity (Wildman–Crippen MR) is 81.5 cm³/mol. The molecule has 2 rings (SSSR count). The molecule has 20 heavy (non-hydrogen) atoms. The van der Waals surface area contributed by atoms with Gasteiger partial charge in [0.15, 0.2) is 0 Å². The van der Waals surface area contributed by atoms with Gasteiger partial charge in [-0.3, -0.25) is 0 Å². The zero-order chi connectivity index (χ0) is 14.8. The molecule has 0 saturated heterocycles. The van der Waals surface area contributed by atoms with Gasteiger partial charge in [0.1, 0.15) is 9.84 Å². The van der Waals surface area contributed by atoms with E-state index >= 15 is 0 Å². The van der Waals surface area contributed by atoms with Crippen molar-refractivity contribution in [2.45, 2.75) is 50.4 Å². The number of benzene rings is 1. The average molecular weight is 296 g/mol. The molecule has 3 nitrogen and oxygen atoms in total. The highest BCUT2D eigenvalue weighted by Gasteiger charge is 2.32. The molecule has 1 aliphatic carbocycles. The largest absolute Gasteiger partial charge is 0.392 e. The number of hydrogen-bond acceptors (Lipinski definition) is 3. The Morgan fingerprint density at radius 3 is 2.65 bits per heavy atom. The Balaban J connectivity index is 2.02. The van der Waals surface area contributed by atoms with Gasteiger partial charge in [-0.1, -0.05) is 30.7 Å². The highest BCUT2D eigenvalue weighted by molar-refractivity contribution is 7.91. The Bertz CT molecular complexity index is 551. The Kier molecular flexibility index (Phi) is 4.86. The molecule has 1 aliphatic rings. The summed E-state index contributed by atoms with van der Waals surface area (Å²) in [4.78, 5) is 0. The van der Waals surface area contributed by atoms with E-state index in [1.54, 1.807) is 0 Å². The topological polar surface area (TPSA) is 54.4 Å². The molecule has 0 amide bonds. The van der Waals surface area contributed by atoms with E-state index in [0.717, 1.165) is 24.8 Å². The molecule has 0 heterocycles. The summed E-state index contributed by atoms with van der Waals surface area (Å²) in [7, 11) is -2.98. The van der Waals surface area contributed by atoms with Crippen LogP contribution in [0.25, 0.3) is 0 Å². The van der Waals surface area contributed by atoms with Crippen LogP contribution in [-0.4, -0.2) is 31.1 Å². The van der Waals surface area contributed by atoms with Crippen molar-refractivity contribution < 1.29 is 13.5 Å². The van der Waals surface area contributed by atoms with Crippen LogP contribution in [0, 0.1) is 12.8 Å². The minimum absolute atomic E-state index is 0.100. The molecule has 3 unspecified atom stereocenters. The van der Waals surface area contributed by atoms with E-state index in [4.69, 9.17) is 0 Å². The third-order valence-corrected chi connectivity index (χ3v) is 6.15. The third kappa shape index (κ3) is 3.83. The van der Waals surface area contributed by atoms with Gasteiger partial charge in [0.2, 0.25) is 0 Å². The van der Waals surface area contributed by atoms with Crippen LogP contribution in [0.4, 0.5) is 0 Å². The van der Waals surface area contributed by atoms with Gasteiger partial charge in [0.25, 0.3) is 0 Å². The standard InChI is InChI=1S/C16H24O3S/c1-12-6-3-4-7-13(12)11-16(17)14-8-5-9-15(10-14)20(2,18)19/h3-4,6-7,14-17H,5,8-11H2,1-2H3. The minimum atomic E-state index is -2.98. The lowest BCUT2D eigenvalue weighted by Crippen LogP contribution is -2.34. The summed E-state index contributed by atoms with van der Waals surface area (Å²) >= 11 is 0. The predicted octanol–water partition coefficient (Wildman–Crippen LogP) is 2.50. The van der Waals surface area contributed by atoms with Crippen LogP contribution in [0.15, 0.2) is 24.3 Å². The first kappa shape index (κ1) is 15.5. The zero-order valence-corrected chi connectivity index (χ0v) is 13.1. The van der Waals surface area contributed by atoms with Crippen molar-refractivity contribution in [3.8, 4) is 0 Å². The number of hydrogen-bond donors (Lipinski definition) is 1. The van der Waals surface area contributed by atoms with E-state index < -0.39 is 15.9 Å². The zero-order valence-electron chi connectivity index (χ0n) is 12.2. The van der Waals surface area contributed by atoms with E-state index in [1.165, 1.54) is 11.8 Å². The second-order valence-electron chi connectivity index (χ2n) is 6.08. The summed E-state index contributed by atoms with van der Waals surface area (Å²) in [6.07, 6.45) is 4.66. The Hall–Kier alpha value is -0.870. The van der Waals surface area contributed by atoms with E-state index in [1.807, 2.05) is 31.2 Å². The van der Waals surface area contributed by atoms with Crippen LogP contribution < -0.4 is 0 Å². The molecule has 0 aliphatic heterocycles. The van der Waals surface area contributed by atoms with Gasteiger partial charge in [-0.05, 0) is 49.7 Å². The number of rotatable bonds is 4. The first-order valence-corrected chi connectivity index (χ1v) is 9.25.